The average Bonchev–Trinajstić information content (AvgIpc) is 3.24. The Kier molecular flexibility index (Phi) is 5.13. The molecule has 1 heterocycles. The number of hydrogen-bond acceptors (Lipinski definition) is 2. The molecule has 0 amide bonds. The Hall–Kier alpha value is -3.14. The van der Waals surface area contributed by atoms with Gasteiger partial charge in [0.25, 0.3) is 0 Å². The van der Waals surface area contributed by atoms with Gasteiger partial charge in [-0.05, 0) is 89.8 Å². The second-order valence-electron chi connectivity index (χ2n) is 11.7. The molecule has 1 fully saturated rings. The SMILES string of the molecule is CC1(C)c2ccccc2-c2ccc(-c3cc(B4OC(C)(C)C(C)(C)O4)cc(-c4ccccc4)c3)cc21. The fourth-order valence-electron chi connectivity index (χ4n) is 5.61. The monoisotopic (exact) mass is 472 g/mol. The topological polar surface area (TPSA) is 18.5 Å². The maximum Gasteiger partial charge on any atom is 0.494 e. The van der Waals surface area contributed by atoms with Crippen molar-refractivity contribution in [3.8, 4) is 33.4 Å². The van der Waals surface area contributed by atoms with Crippen LogP contribution in [-0.2, 0) is 14.7 Å². The van der Waals surface area contributed by atoms with Crippen molar-refractivity contribution in [3.63, 3.8) is 0 Å². The largest absolute Gasteiger partial charge is 0.494 e. The van der Waals surface area contributed by atoms with E-state index in [0.717, 1.165) is 5.46 Å². The van der Waals surface area contributed by atoms with Crippen LogP contribution in [0.15, 0.2) is 91.0 Å². The van der Waals surface area contributed by atoms with Gasteiger partial charge in [0, 0.05) is 5.41 Å². The second-order valence-corrected chi connectivity index (χ2v) is 11.7. The van der Waals surface area contributed by atoms with Crippen LogP contribution in [0, 0.1) is 0 Å². The molecule has 0 aromatic heterocycles. The maximum atomic E-state index is 6.46. The zero-order valence-corrected chi connectivity index (χ0v) is 22.1. The van der Waals surface area contributed by atoms with Gasteiger partial charge in [-0.2, -0.15) is 0 Å². The van der Waals surface area contributed by atoms with Gasteiger partial charge < -0.3 is 9.31 Å². The predicted molar refractivity (Wildman–Crippen MR) is 151 cm³/mol. The minimum absolute atomic E-state index is 0.0342. The fraction of sp³-hybridized carbons (Fsp3) is 0.273. The molecule has 180 valence electrons. The molecule has 1 aliphatic heterocycles. The first-order valence-electron chi connectivity index (χ1n) is 12.9. The van der Waals surface area contributed by atoms with E-state index >= 15 is 0 Å². The van der Waals surface area contributed by atoms with Gasteiger partial charge in [0.15, 0.2) is 0 Å². The average molecular weight is 472 g/mol. The Morgan fingerprint density at radius 2 is 1.08 bits per heavy atom. The van der Waals surface area contributed by atoms with Crippen LogP contribution < -0.4 is 5.46 Å². The summed E-state index contributed by atoms with van der Waals surface area (Å²) in [6.45, 7) is 13.1. The molecule has 36 heavy (non-hydrogen) atoms. The number of hydrogen-bond donors (Lipinski definition) is 0. The molecule has 0 radical (unpaired) electrons. The molecule has 6 rings (SSSR count). The van der Waals surface area contributed by atoms with Crippen LogP contribution in [0.1, 0.15) is 52.7 Å². The zero-order valence-electron chi connectivity index (χ0n) is 22.1. The molecular weight excluding hydrogens is 439 g/mol. The molecule has 0 saturated carbocycles. The van der Waals surface area contributed by atoms with Crippen LogP contribution in [-0.4, -0.2) is 18.3 Å². The smallest absolute Gasteiger partial charge is 0.399 e. The van der Waals surface area contributed by atoms with Crippen LogP contribution in [0.2, 0.25) is 0 Å². The first-order valence-corrected chi connectivity index (χ1v) is 12.9. The Morgan fingerprint density at radius 1 is 0.500 bits per heavy atom. The van der Waals surface area contributed by atoms with Crippen LogP contribution in [0.25, 0.3) is 33.4 Å². The van der Waals surface area contributed by atoms with Gasteiger partial charge in [-0.15, -0.1) is 0 Å². The predicted octanol–water partition coefficient (Wildman–Crippen LogP) is 7.63. The van der Waals surface area contributed by atoms with Crippen molar-refractivity contribution >= 4 is 12.6 Å². The van der Waals surface area contributed by atoms with E-state index in [0.29, 0.717) is 0 Å². The molecule has 0 unspecified atom stereocenters. The van der Waals surface area contributed by atoms with Crippen molar-refractivity contribution in [1.29, 1.82) is 0 Å². The molecule has 0 N–H and O–H groups in total. The molecule has 1 aliphatic carbocycles. The van der Waals surface area contributed by atoms with E-state index in [2.05, 4.69) is 133 Å². The molecule has 4 aromatic carbocycles. The van der Waals surface area contributed by atoms with Crippen molar-refractivity contribution in [2.75, 3.05) is 0 Å². The highest BCUT2D eigenvalue weighted by Gasteiger charge is 2.51. The number of benzene rings is 4. The summed E-state index contributed by atoms with van der Waals surface area (Å²) in [7, 11) is -0.410. The lowest BCUT2D eigenvalue weighted by Gasteiger charge is -2.32. The van der Waals surface area contributed by atoms with Crippen LogP contribution in [0.4, 0.5) is 0 Å². The highest BCUT2D eigenvalue weighted by Crippen LogP contribution is 2.49. The summed E-state index contributed by atoms with van der Waals surface area (Å²) in [5.74, 6) is 0. The summed E-state index contributed by atoms with van der Waals surface area (Å²) in [5, 5.41) is 0. The Bertz CT molecular complexity index is 1450. The zero-order chi connectivity index (χ0) is 25.3. The van der Waals surface area contributed by atoms with Crippen molar-refractivity contribution < 1.29 is 9.31 Å². The summed E-state index contributed by atoms with van der Waals surface area (Å²) in [6.07, 6.45) is 0. The van der Waals surface area contributed by atoms with E-state index < -0.39 is 7.12 Å². The Morgan fingerprint density at radius 3 is 1.78 bits per heavy atom. The first kappa shape index (κ1) is 23.3. The molecule has 0 atom stereocenters. The Labute approximate surface area is 215 Å². The third-order valence-corrected chi connectivity index (χ3v) is 8.50. The molecular formula is C33H33BO2. The molecule has 0 bridgehead atoms. The number of rotatable bonds is 3. The van der Waals surface area contributed by atoms with Gasteiger partial charge in [0.1, 0.15) is 0 Å². The Balaban J connectivity index is 1.49. The van der Waals surface area contributed by atoms with E-state index in [9.17, 15) is 0 Å². The minimum atomic E-state index is -0.410. The van der Waals surface area contributed by atoms with Gasteiger partial charge in [-0.3, -0.25) is 0 Å². The summed E-state index contributed by atoms with van der Waals surface area (Å²) in [5.41, 5.74) is 10.4. The van der Waals surface area contributed by atoms with Gasteiger partial charge in [-0.1, -0.05) is 92.7 Å². The molecule has 2 aliphatic rings. The normalized spacial score (nSPS) is 18.7. The van der Waals surface area contributed by atoms with Gasteiger partial charge >= 0.3 is 7.12 Å². The van der Waals surface area contributed by atoms with Crippen LogP contribution >= 0.6 is 0 Å². The summed E-state index contributed by atoms with van der Waals surface area (Å²) >= 11 is 0. The standard InChI is InChI=1S/C33H33BO2/c1-31(2)29-15-11-10-14-27(29)28-17-16-23(21-30(28)31)25-18-24(22-12-8-7-9-13-22)19-26(20-25)34-35-32(3,4)33(5,6)36-34/h7-21H,1-6H3. The van der Waals surface area contributed by atoms with Crippen molar-refractivity contribution in [2.24, 2.45) is 0 Å². The van der Waals surface area contributed by atoms with E-state index in [-0.39, 0.29) is 16.6 Å². The maximum absolute atomic E-state index is 6.46. The quantitative estimate of drug-likeness (QED) is 0.286. The van der Waals surface area contributed by atoms with E-state index in [1.54, 1.807) is 0 Å². The lowest BCUT2D eigenvalue weighted by molar-refractivity contribution is 0.00578. The third kappa shape index (κ3) is 3.57. The lowest BCUT2D eigenvalue weighted by atomic mass is 9.76. The number of fused-ring (bicyclic) bond motifs is 3. The summed E-state index contributed by atoms with van der Waals surface area (Å²) in [6, 6.07) is 33.0. The van der Waals surface area contributed by atoms with Gasteiger partial charge in [-0.25, -0.2) is 0 Å². The van der Waals surface area contributed by atoms with Crippen LogP contribution in [0.3, 0.4) is 0 Å². The van der Waals surface area contributed by atoms with Gasteiger partial charge in [0.05, 0.1) is 11.2 Å². The summed E-state index contributed by atoms with van der Waals surface area (Å²) < 4.78 is 12.9. The molecule has 2 nitrogen and oxygen atoms in total. The lowest BCUT2D eigenvalue weighted by Crippen LogP contribution is -2.41. The van der Waals surface area contributed by atoms with Gasteiger partial charge in [0.2, 0.25) is 0 Å². The molecule has 0 spiro atoms. The minimum Gasteiger partial charge on any atom is -0.399 e. The second kappa shape index (κ2) is 7.93. The first-order chi connectivity index (χ1) is 17.1. The van der Waals surface area contributed by atoms with E-state index in [4.69, 9.17) is 9.31 Å². The fourth-order valence-corrected chi connectivity index (χ4v) is 5.61. The summed E-state index contributed by atoms with van der Waals surface area (Å²) in [4.78, 5) is 0. The van der Waals surface area contributed by atoms with Crippen molar-refractivity contribution in [3.05, 3.63) is 102 Å². The highest BCUT2D eigenvalue weighted by atomic mass is 16.7. The van der Waals surface area contributed by atoms with Crippen LogP contribution in [0.5, 0.6) is 0 Å². The molecule has 4 aromatic rings. The van der Waals surface area contributed by atoms with E-state index in [1.807, 2.05) is 0 Å². The molecule has 3 heteroatoms. The van der Waals surface area contributed by atoms with E-state index in [1.165, 1.54) is 44.5 Å². The van der Waals surface area contributed by atoms with Crippen molar-refractivity contribution in [1.82, 2.24) is 0 Å². The highest BCUT2D eigenvalue weighted by molar-refractivity contribution is 6.62. The van der Waals surface area contributed by atoms with Crippen molar-refractivity contribution in [2.45, 2.75) is 58.2 Å². The molecule has 1 saturated heterocycles. The third-order valence-electron chi connectivity index (χ3n) is 8.50.